The first-order valence-electron chi connectivity index (χ1n) is 6.40. The third-order valence-electron chi connectivity index (χ3n) is 4.19. The zero-order valence-electron chi connectivity index (χ0n) is 9.85. The number of fused-ring (bicyclic) bond motifs is 2. The molecule has 2 nitrogen and oxygen atoms in total. The number of piperidine rings is 1. The molecule has 0 amide bonds. The van der Waals surface area contributed by atoms with Gasteiger partial charge in [0.2, 0.25) is 0 Å². The van der Waals surface area contributed by atoms with E-state index in [2.05, 4.69) is 4.90 Å². The summed E-state index contributed by atoms with van der Waals surface area (Å²) < 4.78 is 13.5. The molecule has 3 heteroatoms. The van der Waals surface area contributed by atoms with Crippen molar-refractivity contribution in [2.75, 3.05) is 13.1 Å². The van der Waals surface area contributed by atoms with Crippen molar-refractivity contribution in [3.05, 3.63) is 35.6 Å². The topological polar surface area (TPSA) is 23.5 Å². The van der Waals surface area contributed by atoms with E-state index in [1.165, 1.54) is 25.3 Å². The molecule has 1 aromatic carbocycles. The number of aliphatic hydroxyl groups excluding tert-OH is 1. The largest absolute Gasteiger partial charge is 0.387 e. The Morgan fingerprint density at radius 3 is 2.82 bits per heavy atom. The number of nitrogens with zero attached hydrogens (tertiary/aromatic N) is 1. The number of aliphatic hydroxyl groups is 1. The summed E-state index contributed by atoms with van der Waals surface area (Å²) in [4.78, 5) is 2.32. The third kappa shape index (κ3) is 2.09. The molecule has 0 radical (unpaired) electrons. The highest BCUT2D eigenvalue weighted by atomic mass is 19.1. The van der Waals surface area contributed by atoms with Gasteiger partial charge in [0.05, 0.1) is 6.10 Å². The molecule has 92 valence electrons. The van der Waals surface area contributed by atoms with Crippen LogP contribution in [0.15, 0.2) is 24.3 Å². The fourth-order valence-electron chi connectivity index (χ4n) is 3.32. The Kier molecular flexibility index (Phi) is 2.89. The maximum Gasteiger partial charge on any atom is 0.129 e. The maximum atomic E-state index is 13.5. The normalized spacial score (nSPS) is 29.8. The molecular weight excluding hydrogens is 217 g/mol. The first-order chi connectivity index (χ1) is 8.24. The Bertz CT molecular complexity index is 409. The SMILES string of the molecule is OC(CN1CC2CCC1C2)c1ccccc1F. The Balaban J connectivity index is 1.68. The molecule has 1 aliphatic heterocycles. The van der Waals surface area contributed by atoms with Gasteiger partial charge in [-0.3, -0.25) is 4.90 Å². The summed E-state index contributed by atoms with van der Waals surface area (Å²) in [5.41, 5.74) is 0.426. The third-order valence-corrected chi connectivity index (χ3v) is 4.19. The van der Waals surface area contributed by atoms with Gasteiger partial charge in [-0.25, -0.2) is 4.39 Å². The van der Waals surface area contributed by atoms with Crippen LogP contribution in [0.1, 0.15) is 30.9 Å². The Morgan fingerprint density at radius 2 is 2.18 bits per heavy atom. The minimum absolute atomic E-state index is 0.302. The van der Waals surface area contributed by atoms with Crippen LogP contribution in [0.2, 0.25) is 0 Å². The van der Waals surface area contributed by atoms with Gasteiger partial charge in [0.25, 0.3) is 0 Å². The van der Waals surface area contributed by atoms with Gasteiger partial charge in [0.15, 0.2) is 0 Å². The molecule has 0 aromatic heterocycles. The highest BCUT2D eigenvalue weighted by molar-refractivity contribution is 5.20. The van der Waals surface area contributed by atoms with Gasteiger partial charge >= 0.3 is 0 Å². The predicted molar refractivity (Wildman–Crippen MR) is 64.1 cm³/mol. The summed E-state index contributed by atoms with van der Waals surface area (Å²) in [5.74, 6) is 0.511. The summed E-state index contributed by atoms with van der Waals surface area (Å²) in [7, 11) is 0. The average molecular weight is 235 g/mol. The van der Waals surface area contributed by atoms with Crippen molar-refractivity contribution in [3.63, 3.8) is 0 Å². The smallest absolute Gasteiger partial charge is 0.129 e. The Morgan fingerprint density at radius 1 is 1.35 bits per heavy atom. The molecule has 1 heterocycles. The van der Waals surface area contributed by atoms with Crippen LogP contribution in [0.3, 0.4) is 0 Å². The minimum Gasteiger partial charge on any atom is -0.387 e. The fraction of sp³-hybridized carbons (Fsp3) is 0.571. The van der Waals surface area contributed by atoms with Crippen LogP contribution in [0, 0.1) is 11.7 Å². The van der Waals surface area contributed by atoms with E-state index < -0.39 is 6.10 Å². The van der Waals surface area contributed by atoms with E-state index in [0.717, 1.165) is 12.5 Å². The quantitative estimate of drug-likeness (QED) is 0.869. The number of halogens is 1. The number of rotatable bonds is 3. The molecule has 3 unspecified atom stereocenters. The standard InChI is InChI=1S/C14H18FNO/c15-13-4-2-1-3-12(13)14(17)9-16-8-10-5-6-11(16)7-10/h1-4,10-11,14,17H,5-9H2. The summed E-state index contributed by atoms with van der Waals surface area (Å²) in [6.45, 7) is 1.65. The lowest BCUT2D eigenvalue weighted by Crippen LogP contribution is -2.35. The summed E-state index contributed by atoms with van der Waals surface area (Å²) in [6.07, 6.45) is 3.14. The van der Waals surface area contributed by atoms with E-state index >= 15 is 0 Å². The maximum absolute atomic E-state index is 13.5. The number of hydrogen-bond donors (Lipinski definition) is 1. The summed E-state index contributed by atoms with van der Waals surface area (Å²) in [6, 6.07) is 7.14. The van der Waals surface area contributed by atoms with Crippen LogP contribution >= 0.6 is 0 Å². The van der Waals surface area contributed by atoms with Crippen molar-refractivity contribution < 1.29 is 9.50 Å². The van der Waals surface area contributed by atoms with Crippen molar-refractivity contribution in [3.8, 4) is 0 Å². The fourth-order valence-corrected chi connectivity index (χ4v) is 3.32. The number of hydrogen-bond acceptors (Lipinski definition) is 2. The van der Waals surface area contributed by atoms with Gasteiger partial charge in [-0.15, -0.1) is 0 Å². The second kappa shape index (κ2) is 4.39. The van der Waals surface area contributed by atoms with Crippen LogP contribution in [0.25, 0.3) is 0 Å². The molecule has 3 rings (SSSR count). The zero-order chi connectivity index (χ0) is 11.8. The Labute approximate surface area is 101 Å². The summed E-state index contributed by atoms with van der Waals surface area (Å²) >= 11 is 0. The van der Waals surface area contributed by atoms with Gasteiger partial charge in [0.1, 0.15) is 5.82 Å². The van der Waals surface area contributed by atoms with E-state index in [4.69, 9.17) is 0 Å². The van der Waals surface area contributed by atoms with Crippen LogP contribution in [-0.2, 0) is 0 Å². The lowest BCUT2D eigenvalue weighted by atomic mass is 10.1. The van der Waals surface area contributed by atoms with Crippen molar-refractivity contribution in [2.24, 2.45) is 5.92 Å². The zero-order valence-corrected chi connectivity index (χ0v) is 9.85. The molecule has 1 aromatic rings. The summed E-state index contributed by atoms with van der Waals surface area (Å²) in [5, 5.41) is 10.1. The van der Waals surface area contributed by atoms with Gasteiger partial charge in [-0.1, -0.05) is 18.2 Å². The number of β-amino-alcohol motifs (C(OH)–C–C–N with tert-alkyl or cyclic N) is 1. The van der Waals surface area contributed by atoms with Crippen LogP contribution < -0.4 is 0 Å². The predicted octanol–water partition coefficient (Wildman–Crippen LogP) is 2.34. The van der Waals surface area contributed by atoms with Gasteiger partial charge in [0, 0.05) is 24.7 Å². The molecule has 2 aliphatic rings. The van der Waals surface area contributed by atoms with Gasteiger partial charge < -0.3 is 5.11 Å². The highest BCUT2D eigenvalue weighted by Crippen LogP contribution is 2.38. The van der Waals surface area contributed by atoms with Gasteiger partial charge in [-0.2, -0.15) is 0 Å². The lowest BCUT2D eigenvalue weighted by Gasteiger charge is -2.29. The van der Waals surface area contributed by atoms with Crippen molar-refractivity contribution in [1.82, 2.24) is 4.90 Å². The second-order valence-corrected chi connectivity index (χ2v) is 5.32. The van der Waals surface area contributed by atoms with E-state index in [9.17, 15) is 9.50 Å². The molecule has 2 bridgehead atoms. The number of benzene rings is 1. The van der Waals surface area contributed by atoms with Crippen molar-refractivity contribution in [1.29, 1.82) is 0 Å². The first-order valence-corrected chi connectivity index (χ1v) is 6.40. The van der Waals surface area contributed by atoms with Crippen LogP contribution in [0.5, 0.6) is 0 Å². The number of likely N-dealkylation sites (tertiary alicyclic amines) is 1. The lowest BCUT2D eigenvalue weighted by molar-refractivity contribution is 0.0922. The van der Waals surface area contributed by atoms with Crippen molar-refractivity contribution in [2.45, 2.75) is 31.4 Å². The minimum atomic E-state index is -0.699. The molecule has 17 heavy (non-hydrogen) atoms. The molecule has 1 saturated carbocycles. The molecule has 1 saturated heterocycles. The second-order valence-electron chi connectivity index (χ2n) is 5.32. The molecular formula is C14H18FNO. The van der Waals surface area contributed by atoms with Crippen LogP contribution in [-0.4, -0.2) is 29.1 Å². The Hall–Kier alpha value is -0.930. The van der Waals surface area contributed by atoms with E-state index in [-0.39, 0.29) is 5.82 Å². The van der Waals surface area contributed by atoms with E-state index in [1.807, 2.05) is 0 Å². The monoisotopic (exact) mass is 235 g/mol. The highest BCUT2D eigenvalue weighted by Gasteiger charge is 2.38. The van der Waals surface area contributed by atoms with Gasteiger partial charge in [-0.05, 0) is 31.2 Å². The first kappa shape index (κ1) is 11.2. The molecule has 1 N–H and O–H groups in total. The average Bonchev–Trinajstić information content (AvgIpc) is 2.91. The molecule has 3 atom stereocenters. The molecule has 0 spiro atoms. The van der Waals surface area contributed by atoms with E-state index in [1.54, 1.807) is 18.2 Å². The molecule has 2 fully saturated rings. The van der Waals surface area contributed by atoms with Crippen molar-refractivity contribution >= 4 is 0 Å². The molecule has 1 aliphatic carbocycles. The van der Waals surface area contributed by atoms with E-state index in [0.29, 0.717) is 18.2 Å². The van der Waals surface area contributed by atoms with Crippen LogP contribution in [0.4, 0.5) is 4.39 Å².